The number of carbonyl (C=O) groups is 1. The van der Waals surface area contributed by atoms with E-state index in [1.165, 1.54) is 0 Å². The molecule has 1 aliphatic rings. The number of methoxy groups -OCH3 is 1. The Morgan fingerprint density at radius 2 is 2.21 bits per heavy atom. The predicted molar refractivity (Wildman–Crippen MR) is 77.0 cm³/mol. The highest BCUT2D eigenvalue weighted by atomic mass is 16.5. The fourth-order valence-electron chi connectivity index (χ4n) is 2.67. The van der Waals surface area contributed by atoms with Crippen molar-refractivity contribution in [1.29, 1.82) is 0 Å². The molecule has 1 amide bonds. The van der Waals surface area contributed by atoms with Gasteiger partial charge in [0.1, 0.15) is 0 Å². The first-order valence-electron chi connectivity index (χ1n) is 7.33. The second-order valence-electron chi connectivity index (χ2n) is 5.45. The largest absolute Gasteiger partial charge is 0.385 e. The van der Waals surface area contributed by atoms with Crippen LogP contribution in [0, 0.1) is 0 Å². The number of hydrogen-bond donors (Lipinski definition) is 1. The molecule has 1 heterocycles. The van der Waals surface area contributed by atoms with Crippen LogP contribution >= 0.6 is 0 Å². The second-order valence-corrected chi connectivity index (χ2v) is 5.45. The van der Waals surface area contributed by atoms with Crippen LogP contribution < -0.4 is 5.73 Å². The monoisotopic (exact) mass is 271 g/mol. The molecule has 19 heavy (non-hydrogen) atoms. The van der Waals surface area contributed by atoms with Crippen LogP contribution in [-0.2, 0) is 9.53 Å². The maximum absolute atomic E-state index is 12.5. The molecule has 0 aromatic heterocycles. The lowest BCUT2D eigenvalue weighted by molar-refractivity contribution is -0.135. The van der Waals surface area contributed by atoms with Gasteiger partial charge in [-0.1, -0.05) is 6.92 Å². The van der Waals surface area contributed by atoms with Crippen LogP contribution in [0.15, 0.2) is 0 Å². The standard InChI is InChI=1S/C14H29N3O2/c1-4-12-11-16(2)8-6-9-17(12)14(18)13(15)7-5-10-19-3/h12-13H,4-11,15H2,1-3H3. The summed E-state index contributed by atoms with van der Waals surface area (Å²) in [5, 5.41) is 0. The molecule has 0 aliphatic carbocycles. The van der Waals surface area contributed by atoms with E-state index in [1.54, 1.807) is 7.11 Å². The number of carbonyl (C=O) groups excluding carboxylic acids is 1. The predicted octanol–water partition coefficient (Wildman–Crippen LogP) is 0.683. The van der Waals surface area contributed by atoms with Gasteiger partial charge >= 0.3 is 0 Å². The average Bonchev–Trinajstić information content (AvgIpc) is 2.59. The molecule has 1 saturated heterocycles. The molecule has 0 aromatic carbocycles. The summed E-state index contributed by atoms with van der Waals surface area (Å²) in [6.45, 7) is 5.65. The first kappa shape index (κ1) is 16.4. The van der Waals surface area contributed by atoms with Gasteiger partial charge in [0.25, 0.3) is 0 Å². The molecule has 0 spiro atoms. The summed E-state index contributed by atoms with van der Waals surface area (Å²) in [5.74, 6) is 0.109. The Morgan fingerprint density at radius 1 is 1.47 bits per heavy atom. The van der Waals surface area contributed by atoms with Crippen LogP contribution in [0.1, 0.15) is 32.6 Å². The molecule has 5 nitrogen and oxygen atoms in total. The lowest BCUT2D eigenvalue weighted by Crippen LogP contribution is -2.50. The van der Waals surface area contributed by atoms with E-state index < -0.39 is 0 Å². The Kier molecular flexibility index (Phi) is 7.34. The third-order valence-corrected chi connectivity index (χ3v) is 3.84. The molecule has 5 heteroatoms. The van der Waals surface area contributed by atoms with E-state index in [9.17, 15) is 4.79 Å². The number of nitrogens with zero attached hydrogens (tertiary/aromatic N) is 2. The molecule has 0 aromatic rings. The van der Waals surface area contributed by atoms with E-state index in [-0.39, 0.29) is 11.9 Å². The quantitative estimate of drug-likeness (QED) is 0.722. The number of amides is 1. The van der Waals surface area contributed by atoms with Crippen molar-refractivity contribution in [2.45, 2.75) is 44.7 Å². The van der Waals surface area contributed by atoms with Gasteiger partial charge in [0.05, 0.1) is 6.04 Å². The fourth-order valence-corrected chi connectivity index (χ4v) is 2.67. The van der Waals surface area contributed by atoms with E-state index in [4.69, 9.17) is 10.5 Å². The van der Waals surface area contributed by atoms with Gasteiger partial charge in [0.15, 0.2) is 0 Å². The Labute approximate surface area is 117 Å². The molecule has 0 saturated carbocycles. The zero-order valence-corrected chi connectivity index (χ0v) is 12.6. The Balaban J connectivity index is 2.56. The van der Waals surface area contributed by atoms with Crippen molar-refractivity contribution in [3.63, 3.8) is 0 Å². The van der Waals surface area contributed by atoms with Crippen LogP contribution in [0.25, 0.3) is 0 Å². The highest BCUT2D eigenvalue weighted by Crippen LogP contribution is 2.14. The van der Waals surface area contributed by atoms with Crippen molar-refractivity contribution in [3.8, 4) is 0 Å². The first-order valence-corrected chi connectivity index (χ1v) is 7.33. The Hall–Kier alpha value is -0.650. The maximum atomic E-state index is 12.5. The Morgan fingerprint density at radius 3 is 2.84 bits per heavy atom. The number of likely N-dealkylation sites (N-methyl/N-ethyl adjacent to an activating group) is 1. The molecule has 0 radical (unpaired) electrons. The van der Waals surface area contributed by atoms with E-state index in [0.29, 0.717) is 19.1 Å². The van der Waals surface area contributed by atoms with Crippen molar-refractivity contribution in [2.75, 3.05) is 40.4 Å². The fraction of sp³-hybridized carbons (Fsp3) is 0.929. The number of hydrogen-bond acceptors (Lipinski definition) is 4. The summed E-state index contributed by atoms with van der Waals surface area (Å²) in [5.41, 5.74) is 6.03. The van der Waals surface area contributed by atoms with Gasteiger partial charge < -0.3 is 20.3 Å². The van der Waals surface area contributed by atoms with Gasteiger partial charge in [0.2, 0.25) is 5.91 Å². The lowest BCUT2D eigenvalue weighted by atomic mass is 10.1. The van der Waals surface area contributed by atoms with Gasteiger partial charge in [-0.3, -0.25) is 4.79 Å². The summed E-state index contributed by atoms with van der Waals surface area (Å²) in [7, 11) is 3.79. The van der Waals surface area contributed by atoms with Crippen molar-refractivity contribution in [1.82, 2.24) is 9.80 Å². The molecule has 2 atom stereocenters. The van der Waals surface area contributed by atoms with Crippen LogP contribution in [0.3, 0.4) is 0 Å². The third-order valence-electron chi connectivity index (χ3n) is 3.84. The normalized spacial score (nSPS) is 23.2. The minimum absolute atomic E-state index is 0.109. The highest BCUT2D eigenvalue weighted by Gasteiger charge is 2.28. The van der Waals surface area contributed by atoms with Crippen LogP contribution in [0.4, 0.5) is 0 Å². The topological polar surface area (TPSA) is 58.8 Å². The molecular weight excluding hydrogens is 242 g/mol. The molecule has 1 aliphatic heterocycles. The highest BCUT2D eigenvalue weighted by molar-refractivity contribution is 5.82. The molecule has 2 unspecified atom stereocenters. The zero-order chi connectivity index (χ0) is 14.3. The maximum Gasteiger partial charge on any atom is 0.239 e. The van der Waals surface area contributed by atoms with Gasteiger partial charge in [-0.15, -0.1) is 0 Å². The van der Waals surface area contributed by atoms with Gasteiger partial charge in [0, 0.05) is 32.8 Å². The summed E-state index contributed by atoms with van der Waals surface area (Å²) in [6.07, 6.45) is 3.56. The van der Waals surface area contributed by atoms with E-state index in [2.05, 4.69) is 18.9 Å². The van der Waals surface area contributed by atoms with Crippen LogP contribution in [0.5, 0.6) is 0 Å². The molecule has 2 N–H and O–H groups in total. The molecule has 1 rings (SSSR count). The van der Waals surface area contributed by atoms with Gasteiger partial charge in [-0.25, -0.2) is 0 Å². The van der Waals surface area contributed by atoms with Gasteiger partial charge in [-0.2, -0.15) is 0 Å². The number of nitrogens with two attached hydrogens (primary N) is 1. The summed E-state index contributed by atoms with van der Waals surface area (Å²) < 4.78 is 5.01. The van der Waals surface area contributed by atoms with Crippen LogP contribution in [-0.4, -0.2) is 68.2 Å². The Bertz CT molecular complexity index is 273. The zero-order valence-electron chi connectivity index (χ0n) is 12.6. The van der Waals surface area contributed by atoms with Crippen molar-refractivity contribution < 1.29 is 9.53 Å². The van der Waals surface area contributed by atoms with E-state index in [0.717, 1.165) is 38.9 Å². The molecule has 112 valence electrons. The molecule has 1 fully saturated rings. The molecule has 0 bridgehead atoms. The summed E-state index contributed by atoms with van der Waals surface area (Å²) >= 11 is 0. The van der Waals surface area contributed by atoms with E-state index in [1.807, 2.05) is 4.90 Å². The third kappa shape index (κ3) is 5.09. The SMILES string of the molecule is CCC1CN(C)CCCN1C(=O)C(N)CCCOC. The lowest BCUT2D eigenvalue weighted by Gasteiger charge is -2.32. The minimum atomic E-state index is -0.382. The second kappa shape index (κ2) is 8.51. The average molecular weight is 271 g/mol. The summed E-state index contributed by atoms with van der Waals surface area (Å²) in [6, 6.07) is -0.0823. The van der Waals surface area contributed by atoms with Crippen LogP contribution in [0.2, 0.25) is 0 Å². The minimum Gasteiger partial charge on any atom is -0.385 e. The smallest absolute Gasteiger partial charge is 0.239 e. The summed E-state index contributed by atoms with van der Waals surface area (Å²) in [4.78, 5) is 16.8. The van der Waals surface area contributed by atoms with Crippen molar-refractivity contribution in [3.05, 3.63) is 0 Å². The van der Waals surface area contributed by atoms with Crippen molar-refractivity contribution >= 4 is 5.91 Å². The number of rotatable bonds is 6. The molecular formula is C14H29N3O2. The van der Waals surface area contributed by atoms with E-state index >= 15 is 0 Å². The van der Waals surface area contributed by atoms with Crippen molar-refractivity contribution in [2.24, 2.45) is 5.73 Å². The first-order chi connectivity index (χ1) is 9.10. The number of ether oxygens (including phenoxy) is 1. The van der Waals surface area contributed by atoms with Gasteiger partial charge in [-0.05, 0) is 39.3 Å².